The molecule has 2 aromatic rings. The minimum absolute atomic E-state index is 0.00177. The minimum atomic E-state index is -1.13. The number of alkyl carbamates (subject to hydrolysis) is 1. The lowest BCUT2D eigenvalue weighted by Crippen LogP contribution is -2.53. The van der Waals surface area contributed by atoms with E-state index in [1.807, 2.05) is 24.3 Å². The molecule has 7 heteroatoms. The van der Waals surface area contributed by atoms with Crippen molar-refractivity contribution < 1.29 is 24.2 Å². The number of likely N-dealkylation sites (tertiary alicyclic amines) is 1. The number of aliphatic carboxylic acids is 1. The van der Waals surface area contributed by atoms with Gasteiger partial charge in [-0.05, 0) is 67.2 Å². The van der Waals surface area contributed by atoms with Gasteiger partial charge < -0.3 is 20.1 Å². The Balaban J connectivity index is 1.08. The van der Waals surface area contributed by atoms with Crippen LogP contribution < -0.4 is 5.32 Å². The van der Waals surface area contributed by atoms with Crippen LogP contribution in [0.25, 0.3) is 11.1 Å². The van der Waals surface area contributed by atoms with E-state index in [0.29, 0.717) is 25.8 Å². The predicted molar refractivity (Wildman–Crippen MR) is 129 cm³/mol. The first-order valence-electron chi connectivity index (χ1n) is 12.5. The summed E-state index contributed by atoms with van der Waals surface area (Å²) in [4.78, 5) is 39.6. The molecular formula is C28H30N2O5. The molecule has 6 rings (SSSR count). The summed E-state index contributed by atoms with van der Waals surface area (Å²) in [5, 5.41) is 12.7. The highest BCUT2D eigenvalue weighted by Crippen LogP contribution is 2.65. The highest BCUT2D eigenvalue weighted by atomic mass is 16.5. The molecule has 0 radical (unpaired) electrons. The maximum Gasteiger partial charge on any atom is 0.407 e. The number of carboxylic acids is 1. The average molecular weight is 475 g/mol. The second-order valence-corrected chi connectivity index (χ2v) is 10.8. The van der Waals surface area contributed by atoms with Crippen LogP contribution in [0.1, 0.15) is 56.1 Å². The summed E-state index contributed by atoms with van der Waals surface area (Å²) in [6.45, 7) is 2.39. The van der Waals surface area contributed by atoms with Gasteiger partial charge in [-0.15, -0.1) is 0 Å². The zero-order valence-electron chi connectivity index (χ0n) is 19.8. The monoisotopic (exact) mass is 474 g/mol. The van der Waals surface area contributed by atoms with Gasteiger partial charge in [0, 0.05) is 18.5 Å². The van der Waals surface area contributed by atoms with E-state index in [-0.39, 0.29) is 30.4 Å². The number of rotatable bonds is 5. The van der Waals surface area contributed by atoms with Gasteiger partial charge >= 0.3 is 12.1 Å². The molecule has 0 unspecified atom stereocenters. The van der Waals surface area contributed by atoms with Crippen LogP contribution in [-0.2, 0) is 14.3 Å². The van der Waals surface area contributed by atoms with Gasteiger partial charge in [-0.25, -0.2) is 9.59 Å². The lowest BCUT2D eigenvalue weighted by Gasteiger charge is -2.34. The third-order valence-electron chi connectivity index (χ3n) is 8.85. The number of fused-ring (bicyclic) bond motifs is 4. The van der Waals surface area contributed by atoms with Crippen molar-refractivity contribution in [2.24, 2.45) is 11.3 Å². The molecule has 3 fully saturated rings. The van der Waals surface area contributed by atoms with E-state index in [1.165, 1.54) is 22.3 Å². The first-order chi connectivity index (χ1) is 16.8. The Kier molecular flexibility index (Phi) is 4.95. The summed E-state index contributed by atoms with van der Waals surface area (Å²) in [5.74, 6) is -0.792. The van der Waals surface area contributed by atoms with Crippen LogP contribution in [0.15, 0.2) is 48.5 Å². The van der Waals surface area contributed by atoms with E-state index >= 15 is 0 Å². The van der Waals surface area contributed by atoms with Crippen molar-refractivity contribution in [3.8, 4) is 11.1 Å². The summed E-state index contributed by atoms with van der Waals surface area (Å²) in [6.07, 6.45) is 2.78. The van der Waals surface area contributed by atoms with E-state index < -0.39 is 23.0 Å². The maximum atomic E-state index is 13.4. The molecule has 0 aromatic heterocycles. The van der Waals surface area contributed by atoms with Crippen molar-refractivity contribution in [3.63, 3.8) is 0 Å². The fourth-order valence-corrected chi connectivity index (χ4v) is 6.85. The number of nitrogens with one attached hydrogen (secondary N) is 1. The van der Waals surface area contributed by atoms with E-state index in [1.54, 1.807) is 11.8 Å². The summed E-state index contributed by atoms with van der Waals surface area (Å²) < 4.78 is 5.69. The Labute approximate surface area is 204 Å². The smallest absolute Gasteiger partial charge is 0.407 e. The van der Waals surface area contributed by atoms with E-state index in [4.69, 9.17) is 4.74 Å². The van der Waals surface area contributed by atoms with Crippen molar-refractivity contribution >= 4 is 18.0 Å². The molecule has 3 aliphatic carbocycles. The van der Waals surface area contributed by atoms with Crippen LogP contribution in [0.3, 0.4) is 0 Å². The normalized spacial score (nSPS) is 30.4. The lowest BCUT2D eigenvalue weighted by molar-refractivity contribution is -0.157. The lowest BCUT2D eigenvalue weighted by atomic mass is 9.94. The Hall–Kier alpha value is -3.35. The Morgan fingerprint density at radius 1 is 1.06 bits per heavy atom. The number of benzene rings is 2. The minimum Gasteiger partial charge on any atom is -0.480 e. The second-order valence-electron chi connectivity index (χ2n) is 10.8. The number of hydrogen-bond acceptors (Lipinski definition) is 4. The molecule has 1 saturated heterocycles. The summed E-state index contributed by atoms with van der Waals surface area (Å²) in [5.41, 5.74) is 3.05. The molecule has 0 bridgehead atoms. The molecular weight excluding hydrogens is 444 g/mol. The molecule has 0 spiro atoms. The summed E-state index contributed by atoms with van der Waals surface area (Å²) in [7, 11) is 0. The summed E-state index contributed by atoms with van der Waals surface area (Å²) >= 11 is 0. The Bertz CT molecular complexity index is 1180. The van der Waals surface area contributed by atoms with Gasteiger partial charge in [0.1, 0.15) is 12.1 Å². The van der Waals surface area contributed by atoms with Crippen molar-refractivity contribution in [1.29, 1.82) is 0 Å². The van der Waals surface area contributed by atoms with Crippen LogP contribution in [0, 0.1) is 11.3 Å². The number of carbonyl (C=O) groups excluding carboxylic acids is 2. The van der Waals surface area contributed by atoms with E-state index in [2.05, 4.69) is 29.6 Å². The van der Waals surface area contributed by atoms with Gasteiger partial charge in [-0.3, -0.25) is 4.79 Å². The summed E-state index contributed by atoms with van der Waals surface area (Å²) in [6, 6.07) is 16.3. The van der Waals surface area contributed by atoms with Crippen molar-refractivity contribution in [2.45, 2.75) is 56.5 Å². The molecule has 2 amide bonds. The SMILES string of the molecule is C[C@@]1(C(=O)O)CCCN1C(=O)[C@@]12C[C@@H](NC(=O)OCC3c4ccccc4-c4ccccc43)C[C@@H]1C2. The molecule has 2 N–H and O–H groups in total. The Morgan fingerprint density at radius 3 is 2.37 bits per heavy atom. The molecule has 182 valence electrons. The van der Waals surface area contributed by atoms with Gasteiger partial charge in [0.05, 0.1) is 5.41 Å². The topological polar surface area (TPSA) is 95.9 Å². The zero-order chi connectivity index (χ0) is 24.4. The number of nitrogens with zero attached hydrogens (tertiary/aromatic N) is 1. The number of amides is 2. The standard InChI is InChI=1S/C28H30N2O5/c1-27(25(32)33)11-6-12-30(27)24(31)28-14-17(28)13-18(15-28)29-26(34)35-16-23-21-9-4-2-7-19(21)20-8-3-5-10-22(20)23/h2-5,7-10,17-18,23H,6,11-16H2,1H3,(H,29,34)(H,32,33)/t17-,18+,27+,28+/m1/s1. The average Bonchev–Trinajstić information content (AvgIpc) is 3.13. The van der Waals surface area contributed by atoms with Gasteiger partial charge in [0.25, 0.3) is 0 Å². The van der Waals surface area contributed by atoms with Crippen LogP contribution in [0.4, 0.5) is 4.79 Å². The third-order valence-corrected chi connectivity index (χ3v) is 8.85. The number of hydrogen-bond donors (Lipinski definition) is 2. The highest BCUT2D eigenvalue weighted by Gasteiger charge is 2.67. The van der Waals surface area contributed by atoms with Crippen LogP contribution >= 0.6 is 0 Å². The molecule has 1 heterocycles. The molecule has 1 aliphatic heterocycles. The fourth-order valence-electron chi connectivity index (χ4n) is 6.85. The molecule has 4 atom stereocenters. The maximum absolute atomic E-state index is 13.4. The quantitative estimate of drug-likeness (QED) is 0.679. The first-order valence-corrected chi connectivity index (χ1v) is 12.5. The highest BCUT2D eigenvalue weighted by molar-refractivity contribution is 5.93. The second kappa shape index (κ2) is 7.83. The van der Waals surface area contributed by atoms with E-state index in [9.17, 15) is 19.5 Å². The molecule has 7 nitrogen and oxygen atoms in total. The van der Waals surface area contributed by atoms with Crippen LogP contribution in [-0.4, -0.2) is 52.7 Å². The number of carbonyl (C=O) groups is 3. The van der Waals surface area contributed by atoms with Gasteiger partial charge in [0.2, 0.25) is 5.91 Å². The number of ether oxygens (including phenoxy) is 1. The van der Waals surface area contributed by atoms with Gasteiger partial charge in [-0.1, -0.05) is 48.5 Å². The molecule has 2 saturated carbocycles. The van der Waals surface area contributed by atoms with E-state index in [0.717, 1.165) is 12.8 Å². The molecule has 35 heavy (non-hydrogen) atoms. The first kappa shape index (κ1) is 22.1. The molecule has 2 aromatic carbocycles. The fraction of sp³-hybridized carbons (Fsp3) is 0.464. The van der Waals surface area contributed by atoms with Crippen LogP contribution in [0.2, 0.25) is 0 Å². The predicted octanol–water partition coefficient (Wildman–Crippen LogP) is 4.16. The van der Waals surface area contributed by atoms with Crippen LogP contribution in [0.5, 0.6) is 0 Å². The van der Waals surface area contributed by atoms with Crippen molar-refractivity contribution in [1.82, 2.24) is 10.2 Å². The van der Waals surface area contributed by atoms with Crippen molar-refractivity contribution in [2.75, 3.05) is 13.2 Å². The largest absolute Gasteiger partial charge is 0.480 e. The third kappa shape index (κ3) is 3.35. The Morgan fingerprint density at radius 2 is 1.71 bits per heavy atom. The van der Waals surface area contributed by atoms with Gasteiger partial charge in [0.15, 0.2) is 0 Å². The molecule has 4 aliphatic rings. The number of carboxylic acid groups (broad SMARTS) is 1. The zero-order valence-corrected chi connectivity index (χ0v) is 19.8. The van der Waals surface area contributed by atoms with Crippen molar-refractivity contribution in [3.05, 3.63) is 59.7 Å². The van der Waals surface area contributed by atoms with Gasteiger partial charge in [-0.2, -0.15) is 0 Å².